The van der Waals surface area contributed by atoms with Crippen LogP contribution in [0.15, 0.2) is 61.4 Å². The first-order chi connectivity index (χ1) is 18.8. The molecule has 0 aliphatic rings. The molecule has 39 heavy (non-hydrogen) atoms. The van der Waals surface area contributed by atoms with E-state index in [0.29, 0.717) is 45.9 Å². The number of hydrogen-bond acceptors (Lipinski definition) is 7. The van der Waals surface area contributed by atoms with Gasteiger partial charge in [-0.15, -0.1) is 0 Å². The van der Waals surface area contributed by atoms with Crippen molar-refractivity contribution in [1.29, 1.82) is 0 Å². The molecule has 0 spiro atoms. The number of nitrogens with zero attached hydrogens (tertiary/aromatic N) is 6. The molecule has 0 unspecified atom stereocenters. The summed E-state index contributed by atoms with van der Waals surface area (Å²) < 4.78 is 16.0. The molecular weight excluding hydrogens is 497 g/mol. The van der Waals surface area contributed by atoms with Gasteiger partial charge in [0.1, 0.15) is 11.4 Å². The summed E-state index contributed by atoms with van der Waals surface area (Å²) in [6.07, 6.45) is 9.99. The zero-order chi connectivity index (χ0) is 27.1. The minimum atomic E-state index is -0.586. The van der Waals surface area contributed by atoms with Gasteiger partial charge in [0.2, 0.25) is 5.91 Å². The third-order valence-electron chi connectivity index (χ3n) is 6.12. The number of H-pyrrole nitrogens is 2. The lowest BCUT2D eigenvalue weighted by molar-refractivity contribution is -0.117. The number of halogens is 1. The number of imidazole rings is 1. The molecule has 3 N–H and O–H groups in total. The minimum absolute atomic E-state index is 0.0786. The monoisotopic (exact) mass is 521 g/mol. The van der Waals surface area contributed by atoms with Gasteiger partial charge in [0.15, 0.2) is 17.3 Å². The van der Waals surface area contributed by atoms with Gasteiger partial charge in [-0.25, -0.2) is 14.4 Å². The van der Waals surface area contributed by atoms with E-state index in [0.717, 1.165) is 11.1 Å². The molecule has 194 valence electrons. The van der Waals surface area contributed by atoms with Crippen LogP contribution in [0.3, 0.4) is 0 Å². The number of anilines is 1. The van der Waals surface area contributed by atoms with Crippen molar-refractivity contribution in [2.45, 2.75) is 27.2 Å². The summed E-state index contributed by atoms with van der Waals surface area (Å²) in [5.74, 6) is -0.374. The second-order valence-electron chi connectivity index (χ2n) is 10.4. The number of carbonyl (C=O) groups is 1. The predicted molar refractivity (Wildman–Crippen MR) is 146 cm³/mol. The largest absolute Gasteiger partial charge is 0.335 e. The molecular formula is C28H24FN9O. The van der Waals surface area contributed by atoms with Gasteiger partial charge in [-0.1, -0.05) is 26.8 Å². The van der Waals surface area contributed by atoms with Gasteiger partial charge >= 0.3 is 0 Å². The highest BCUT2D eigenvalue weighted by Gasteiger charge is 2.22. The molecule has 11 heteroatoms. The second-order valence-corrected chi connectivity index (χ2v) is 10.4. The molecule has 0 aliphatic heterocycles. The first-order valence-corrected chi connectivity index (χ1v) is 12.3. The molecule has 6 heterocycles. The third-order valence-corrected chi connectivity index (χ3v) is 6.12. The summed E-state index contributed by atoms with van der Waals surface area (Å²) in [5.41, 5.74) is 4.42. The number of rotatable bonds is 5. The lowest BCUT2D eigenvalue weighted by atomic mass is 9.92. The summed E-state index contributed by atoms with van der Waals surface area (Å²) in [6.45, 7) is 5.95. The number of nitrogens with one attached hydrogen (secondary N) is 3. The number of amides is 1. The van der Waals surface area contributed by atoms with Gasteiger partial charge in [0, 0.05) is 47.9 Å². The Bertz CT molecular complexity index is 1840. The fourth-order valence-electron chi connectivity index (χ4n) is 4.46. The van der Waals surface area contributed by atoms with Crippen LogP contribution >= 0.6 is 0 Å². The van der Waals surface area contributed by atoms with Gasteiger partial charge < -0.3 is 10.3 Å². The van der Waals surface area contributed by atoms with Crippen molar-refractivity contribution in [3.8, 4) is 33.9 Å². The van der Waals surface area contributed by atoms with E-state index >= 15 is 4.39 Å². The van der Waals surface area contributed by atoms with Crippen LogP contribution in [-0.4, -0.2) is 46.0 Å². The van der Waals surface area contributed by atoms with E-state index in [1.165, 1.54) is 18.6 Å². The minimum Gasteiger partial charge on any atom is -0.335 e. The van der Waals surface area contributed by atoms with Crippen molar-refractivity contribution in [1.82, 2.24) is 40.1 Å². The Morgan fingerprint density at radius 3 is 2.64 bits per heavy atom. The first kappa shape index (κ1) is 24.3. The average Bonchev–Trinajstić information content (AvgIpc) is 3.53. The fourth-order valence-corrected chi connectivity index (χ4v) is 4.46. The van der Waals surface area contributed by atoms with Gasteiger partial charge in [0.25, 0.3) is 0 Å². The number of aromatic amines is 2. The number of aromatic nitrogens is 8. The maximum absolute atomic E-state index is 16.0. The van der Waals surface area contributed by atoms with Crippen molar-refractivity contribution in [3.05, 3.63) is 67.3 Å². The summed E-state index contributed by atoms with van der Waals surface area (Å²) in [4.78, 5) is 37.3. The van der Waals surface area contributed by atoms with E-state index in [-0.39, 0.29) is 22.4 Å². The van der Waals surface area contributed by atoms with Gasteiger partial charge in [-0.05, 0) is 23.6 Å². The Balaban J connectivity index is 1.40. The molecule has 6 rings (SSSR count). The maximum Gasteiger partial charge on any atom is 0.224 e. The molecule has 0 aromatic carbocycles. The zero-order valence-corrected chi connectivity index (χ0v) is 21.5. The van der Waals surface area contributed by atoms with Crippen LogP contribution in [-0.2, 0) is 4.79 Å². The van der Waals surface area contributed by atoms with Crippen molar-refractivity contribution in [3.63, 3.8) is 0 Å². The fraction of sp³-hybridized carbons (Fsp3) is 0.179. The summed E-state index contributed by atoms with van der Waals surface area (Å²) in [5, 5.41) is 10.2. The third kappa shape index (κ3) is 4.70. The second kappa shape index (κ2) is 9.35. The maximum atomic E-state index is 16.0. The van der Waals surface area contributed by atoms with E-state index in [9.17, 15) is 4.79 Å². The Morgan fingerprint density at radius 1 is 1.00 bits per heavy atom. The molecule has 0 atom stereocenters. The summed E-state index contributed by atoms with van der Waals surface area (Å²) in [7, 11) is 0. The van der Waals surface area contributed by atoms with Crippen LogP contribution in [0.2, 0.25) is 0 Å². The quantitative estimate of drug-likeness (QED) is 0.271. The van der Waals surface area contributed by atoms with Crippen LogP contribution in [0.5, 0.6) is 0 Å². The van der Waals surface area contributed by atoms with Crippen molar-refractivity contribution >= 4 is 33.7 Å². The topological polar surface area (TPSA) is 138 Å². The molecule has 0 aliphatic carbocycles. The number of fused-ring (bicyclic) bond motifs is 2. The van der Waals surface area contributed by atoms with E-state index in [4.69, 9.17) is 0 Å². The van der Waals surface area contributed by atoms with E-state index < -0.39 is 5.82 Å². The molecule has 0 radical (unpaired) electrons. The lowest BCUT2D eigenvalue weighted by Gasteiger charge is -2.17. The number of pyridine rings is 4. The Labute approximate surface area is 222 Å². The van der Waals surface area contributed by atoms with E-state index in [1.54, 1.807) is 24.7 Å². The number of hydrogen-bond donors (Lipinski definition) is 3. The SMILES string of the molecule is CC(C)(C)CC(=O)Nc1cncc(-c2ncc3[nH]nc(-c4nc5nccc(-c6cccnc6)c5[nH]4)c3c2F)c1. The van der Waals surface area contributed by atoms with E-state index in [2.05, 4.69) is 45.4 Å². The molecule has 0 saturated carbocycles. The molecule has 0 saturated heterocycles. The van der Waals surface area contributed by atoms with Crippen LogP contribution in [0.1, 0.15) is 27.2 Å². The summed E-state index contributed by atoms with van der Waals surface area (Å²) >= 11 is 0. The van der Waals surface area contributed by atoms with Crippen LogP contribution in [0.4, 0.5) is 10.1 Å². The normalized spacial score (nSPS) is 11.8. The van der Waals surface area contributed by atoms with Crippen molar-refractivity contribution < 1.29 is 9.18 Å². The van der Waals surface area contributed by atoms with Crippen molar-refractivity contribution in [2.75, 3.05) is 5.32 Å². The van der Waals surface area contributed by atoms with Crippen molar-refractivity contribution in [2.24, 2.45) is 5.41 Å². The van der Waals surface area contributed by atoms with Crippen LogP contribution in [0, 0.1) is 11.2 Å². The molecule has 0 fully saturated rings. The Morgan fingerprint density at radius 2 is 1.85 bits per heavy atom. The van der Waals surface area contributed by atoms with Crippen LogP contribution < -0.4 is 5.32 Å². The first-order valence-electron chi connectivity index (χ1n) is 12.3. The summed E-state index contributed by atoms with van der Waals surface area (Å²) in [6, 6.07) is 7.31. The molecule has 0 bridgehead atoms. The van der Waals surface area contributed by atoms with Crippen LogP contribution in [0.25, 0.3) is 56.0 Å². The highest BCUT2D eigenvalue weighted by Crippen LogP contribution is 2.34. The predicted octanol–water partition coefficient (Wildman–Crippen LogP) is 5.53. The van der Waals surface area contributed by atoms with Gasteiger partial charge in [0.05, 0.1) is 34.5 Å². The average molecular weight is 522 g/mol. The Kier molecular flexibility index (Phi) is 5.82. The standard InChI is InChI=1S/C28H24FN9O/c1-28(2,3)10-20(39)34-17-9-16(12-31-13-17)23-22(29)21-19(14-33-23)37-38-25(21)27-35-24-18(6-8-32-26(24)36-27)15-5-4-7-30-11-15/h4-9,11-14H,10H2,1-3H3,(H,34,39)(H,37,38)(H,32,35,36). The molecule has 10 nitrogen and oxygen atoms in total. The van der Waals surface area contributed by atoms with Gasteiger partial charge in [-0.2, -0.15) is 5.10 Å². The lowest BCUT2D eigenvalue weighted by Crippen LogP contribution is -2.19. The number of carbonyl (C=O) groups excluding carboxylic acids is 1. The smallest absolute Gasteiger partial charge is 0.224 e. The zero-order valence-electron chi connectivity index (χ0n) is 21.5. The highest BCUT2D eigenvalue weighted by atomic mass is 19.1. The Hall–Kier alpha value is -5.06. The molecule has 6 aromatic rings. The van der Waals surface area contributed by atoms with E-state index in [1.807, 2.05) is 39.0 Å². The highest BCUT2D eigenvalue weighted by molar-refractivity contribution is 5.97. The molecule has 1 amide bonds. The van der Waals surface area contributed by atoms with Gasteiger partial charge in [-0.3, -0.25) is 24.8 Å². The molecule has 6 aromatic heterocycles.